The Morgan fingerprint density at radius 1 is 1.69 bits per heavy atom. The van der Waals surface area contributed by atoms with Crippen LogP contribution in [0.3, 0.4) is 0 Å². The number of rotatable bonds is 4. The lowest BCUT2D eigenvalue weighted by Gasteiger charge is -2.20. The summed E-state index contributed by atoms with van der Waals surface area (Å²) in [6, 6.07) is 0. The van der Waals surface area contributed by atoms with Gasteiger partial charge in [0.15, 0.2) is 6.10 Å². The number of aliphatic hydroxyl groups excluding tert-OH is 1. The molecule has 0 radical (unpaired) electrons. The van der Waals surface area contributed by atoms with Crippen molar-refractivity contribution in [2.45, 2.75) is 19.0 Å². The highest BCUT2D eigenvalue weighted by Gasteiger charge is 2.37. The maximum Gasteiger partial charge on any atom is 0.296 e. The van der Waals surface area contributed by atoms with Crippen molar-refractivity contribution in [3.63, 3.8) is 0 Å². The van der Waals surface area contributed by atoms with Gasteiger partial charge in [0, 0.05) is 17.6 Å². The van der Waals surface area contributed by atoms with Crippen molar-refractivity contribution >= 4 is 12.6 Å². The van der Waals surface area contributed by atoms with Crippen LogP contribution in [0, 0.1) is 0 Å². The molecule has 0 aliphatic rings. The minimum Gasteiger partial charge on any atom is -0.391 e. The third kappa shape index (κ3) is 3.00. The Labute approximate surface area is 81.7 Å². The molecule has 13 heavy (non-hydrogen) atoms. The number of nitrogens with one attached hydrogen (secondary N) is 1. The first kappa shape index (κ1) is 12.4. The number of hydrogen-bond acceptors (Lipinski definition) is 3. The second-order valence-electron chi connectivity index (χ2n) is 2.54. The van der Waals surface area contributed by atoms with Crippen LogP contribution < -0.4 is 5.32 Å². The first-order chi connectivity index (χ1) is 5.86. The van der Waals surface area contributed by atoms with Gasteiger partial charge in [-0.3, -0.25) is 0 Å². The molecule has 0 aliphatic heterocycles. The minimum atomic E-state index is -3.35. The Bertz CT molecular complexity index is 228. The summed E-state index contributed by atoms with van der Waals surface area (Å²) in [7, 11) is 1.56. The van der Waals surface area contributed by atoms with E-state index in [1.807, 2.05) is 0 Å². The van der Waals surface area contributed by atoms with Gasteiger partial charge in [-0.1, -0.05) is 6.58 Å². The molecular weight excluding hydrogens is 196 g/mol. The van der Waals surface area contributed by atoms with Gasteiger partial charge < -0.3 is 10.4 Å². The van der Waals surface area contributed by atoms with Gasteiger partial charge in [-0.15, -0.1) is 12.6 Å². The van der Waals surface area contributed by atoms with Gasteiger partial charge in [0.25, 0.3) is 5.92 Å². The van der Waals surface area contributed by atoms with E-state index in [0.717, 1.165) is 0 Å². The summed E-state index contributed by atoms with van der Waals surface area (Å²) < 4.78 is 25.6. The fourth-order valence-corrected chi connectivity index (χ4v) is 0.911. The fourth-order valence-electron chi connectivity index (χ4n) is 0.627. The van der Waals surface area contributed by atoms with Gasteiger partial charge >= 0.3 is 0 Å². The van der Waals surface area contributed by atoms with Crippen LogP contribution in [0.1, 0.15) is 6.92 Å². The SMILES string of the molecule is C=CC(F)(F)C(O)/C(S)=C(\C)NC. The Morgan fingerprint density at radius 2 is 2.15 bits per heavy atom. The van der Waals surface area contributed by atoms with E-state index in [2.05, 4.69) is 24.5 Å². The van der Waals surface area contributed by atoms with Gasteiger partial charge in [0.2, 0.25) is 0 Å². The highest BCUT2D eigenvalue weighted by atomic mass is 32.1. The van der Waals surface area contributed by atoms with Crippen LogP contribution in [0.15, 0.2) is 23.3 Å². The maximum absolute atomic E-state index is 12.8. The van der Waals surface area contributed by atoms with E-state index in [0.29, 0.717) is 11.8 Å². The molecule has 0 saturated heterocycles. The van der Waals surface area contributed by atoms with Gasteiger partial charge in [0.05, 0.1) is 0 Å². The first-order valence-electron chi connectivity index (χ1n) is 3.63. The number of halogens is 2. The molecule has 76 valence electrons. The van der Waals surface area contributed by atoms with Gasteiger partial charge in [0.1, 0.15) is 0 Å². The zero-order valence-electron chi connectivity index (χ0n) is 7.51. The molecule has 0 rings (SSSR count). The van der Waals surface area contributed by atoms with E-state index < -0.39 is 12.0 Å². The Hall–Kier alpha value is -0.550. The first-order valence-corrected chi connectivity index (χ1v) is 4.08. The fraction of sp³-hybridized carbons (Fsp3) is 0.500. The molecule has 5 heteroatoms. The summed E-state index contributed by atoms with van der Waals surface area (Å²) in [6.07, 6.45) is -1.54. The highest BCUT2D eigenvalue weighted by molar-refractivity contribution is 7.84. The molecule has 1 atom stereocenters. The smallest absolute Gasteiger partial charge is 0.296 e. The third-order valence-electron chi connectivity index (χ3n) is 1.65. The molecule has 1 unspecified atom stereocenters. The lowest BCUT2D eigenvalue weighted by Crippen LogP contribution is -2.32. The number of alkyl halides is 2. The van der Waals surface area contributed by atoms with E-state index in [4.69, 9.17) is 5.11 Å². The van der Waals surface area contributed by atoms with E-state index >= 15 is 0 Å². The van der Waals surface area contributed by atoms with E-state index in [1.54, 1.807) is 14.0 Å². The van der Waals surface area contributed by atoms with Crippen LogP contribution in [0.2, 0.25) is 0 Å². The molecule has 0 amide bonds. The predicted molar refractivity (Wildman–Crippen MR) is 51.9 cm³/mol. The standard InChI is InChI=1S/C8H13F2NOS/c1-4-8(9,10)7(12)6(13)5(2)11-3/h4,7,11-13H,1H2,2-3H3/b6-5-. The van der Waals surface area contributed by atoms with E-state index in [9.17, 15) is 8.78 Å². The molecule has 2 nitrogen and oxygen atoms in total. The van der Waals surface area contributed by atoms with Crippen molar-refractivity contribution in [3.8, 4) is 0 Å². The van der Waals surface area contributed by atoms with Gasteiger partial charge in [-0.05, 0) is 13.0 Å². The summed E-state index contributed by atoms with van der Waals surface area (Å²) in [5.74, 6) is -3.35. The zero-order valence-corrected chi connectivity index (χ0v) is 8.41. The molecule has 0 heterocycles. The third-order valence-corrected chi connectivity index (χ3v) is 2.23. The number of thiol groups is 1. The molecule has 0 aliphatic carbocycles. The zero-order chi connectivity index (χ0) is 10.6. The van der Waals surface area contributed by atoms with Crippen molar-refractivity contribution in [1.82, 2.24) is 5.32 Å². The quantitative estimate of drug-likeness (QED) is 0.485. The predicted octanol–water partition coefficient (Wildman–Crippen LogP) is 1.55. The summed E-state index contributed by atoms with van der Waals surface area (Å²) in [4.78, 5) is -0.0904. The average molecular weight is 209 g/mol. The monoisotopic (exact) mass is 209 g/mol. The Morgan fingerprint density at radius 3 is 2.46 bits per heavy atom. The topological polar surface area (TPSA) is 32.3 Å². The molecule has 2 N–H and O–H groups in total. The summed E-state index contributed by atoms with van der Waals surface area (Å²) in [5.41, 5.74) is 0.400. The Kier molecular flexibility index (Phi) is 4.43. The molecule has 0 bridgehead atoms. The van der Waals surface area contributed by atoms with Crippen molar-refractivity contribution in [2.24, 2.45) is 0 Å². The normalized spacial score (nSPS) is 16.2. The van der Waals surface area contributed by atoms with E-state index in [-0.39, 0.29) is 4.91 Å². The van der Waals surface area contributed by atoms with E-state index in [1.165, 1.54) is 0 Å². The summed E-state index contributed by atoms with van der Waals surface area (Å²) in [6.45, 7) is 4.48. The minimum absolute atomic E-state index is 0.0904. The number of aliphatic hydroxyl groups is 1. The lowest BCUT2D eigenvalue weighted by molar-refractivity contribution is -0.0468. The summed E-state index contributed by atoms with van der Waals surface area (Å²) in [5, 5.41) is 11.8. The number of allylic oxidation sites excluding steroid dienone is 1. The van der Waals surface area contributed by atoms with Gasteiger partial charge in [-0.25, -0.2) is 0 Å². The van der Waals surface area contributed by atoms with Crippen molar-refractivity contribution in [2.75, 3.05) is 7.05 Å². The van der Waals surface area contributed by atoms with Crippen LogP contribution in [-0.2, 0) is 0 Å². The molecule has 0 aromatic heterocycles. The highest BCUT2D eigenvalue weighted by Crippen LogP contribution is 2.27. The Balaban J connectivity index is 4.79. The molecule has 0 aromatic carbocycles. The average Bonchev–Trinajstić information content (AvgIpc) is 2.14. The molecule has 0 fully saturated rings. The van der Waals surface area contributed by atoms with Gasteiger partial charge in [-0.2, -0.15) is 8.78 Å². The lowest BCUT2D eigenvalue weighted by atomic mass is 10.1. The second-order valence-corrected chi connectivity index (χ2v) is 3.02. The molecule has 0 aromatic rings. The van der Waals surface area contributed by atoms with Crippen molar-refractivity contribution in [1.29, 1.82) is 0 Å². The van der Waals surface area contributed by atoms with Crippen LogP contribution in [0.5, 0.6) is 0 Å². The molecule has 0 saturated carbocycles. The van der Waals surface area contributed by atoms with Crippen LogP contribution in [-0.4, -0.2) is 24.2 Å². The van der Waals surface area contributed by atoms with Crippen molar-refractivity contribution < 1.29 is 13.9 Å². The van der Waals surface area contributed by atoms with Crippen molar-refractivity contribution in [3.05, 3.63) is 23.3 Å². The van der Waals surface area contributed by atoms with Crippen LogP contribution >= 0.6 is 12.6 Å². The van der Waals surface area contributed by atoms with Crippen LogP contribution in [0.25, 0.3) is 0 Å². The largest absolute Gasteiger partial charge is 0.391 e. The summed E-state index contributed by atoms with van der Waals surface area (Å²) >= 11 is 3.79. The van der Waals surface area contributed by atoms with Crippen LogP contribution in [0.4, 0.5) is 8.78 Å². The maximum atomic E-state index is 12.8. The molecular formula is C8H13F2NOS. The molecule has 0 spiro atoms. The second kappa shape index (κ2) is 4.62. The number of hydrogen-bond donors (Lipinski definition) is 3.